The maximum absolute atomic E-state index is 13.0. The van der Waals surface area contributed by atoms with Crippen LogP contribution >= 0.6 is 0 Å². The fraction of sp³-hybridized carbons (Fsp3) is 0.222. The second-order valence-electron chi connectivity index (χ2n) is 2.81. The molecule has 94 valence electrons. The van der Waals surface area contributed by atoms with Gasteiger partial charge >= 0.3 is 5.97 Å². The summed E-state index contributed by atoms with van der Waals surface area (Å²) in [5.41, 5.74) is 0. The monoisotopic (exact) mass is 256 g/mol. The lowest BCUT2D eigenvalue weighted by atomic mass is 10.2. The van der Waals surface area contributed by atoms with Crippen LogP contribution in [0, 0.1) is 29.1 Å². The average Bonchev–Trinajstić information content (AvgIpc) is 2.30. The predicted molar refractivity (Wildman–Crippen MR) is 43.7 cm³/mol. The van der Waals surface area contributed by atoms with Crippen molar-refractivity contribution in [3.63, 3.8) is 0 Å². The van der Waals surface area contributed by atoms with Crippen LogP contribution in [0.5, 0.6) is 5.75 Å². The van der Waals surface area contributed by atoms with Gasteiger partial charge in [-0.2, -0.15) is 8.78 Å². The SMILES string of the molecule is COCC(=O)Oc1c(F)c(F)c(F)c(F)c1F. The normalized spacial score (nSPS) is 10.5. The molecule has 0 spiro atoms. The Labute approximate surface area is 91.7 Å². The average molecular weight is 256 g/mol. The molecule has 1 aromatic carbocycles. The van der Waals surface area contributed by atoms with Gasteiger partial charge in [-0.15, -0.1) is 0 Å². The molecule has 0 saturated carbocycles. The lowest BCUT2D eigenvalue weighted by Crippen LogP contribution is -2.17. The van der Waals surface area contributed by atoms with Crippen LogP contribution in [0.3, 0.4) is 0 Å². The molecule has 0 unspecified atom stereocenters. The molecule has 0 aliphatic rings. The molecule has 0 amide bonds. The summed E-state index contributed by atoms with van der Waals surface area (Å²) in [6, 6.07) is 0. The predicted octanol–water partition coefficient (Wildman–Crippen LogP) is 1.93. The molecule has 0 bridgehead atoms. The Hall–Kier alpha value is -1.70. The second-order valence-corrected chi connectivity index (χ2v) is 2.81. The second kappa shape index (κ2) is 5.09. The Morgan fingerprint density at radius 2 is 1.35 bits per heavy atom. The quantitative estimate of drug-likeness (QED) is 0.272. The van der Waals surface area contributed by atoms with Gasteiger partial charge in [0.25, 0.3) is 0 Å². The van der Waals surface area contributed by atoms with Crippen molar-refractivity contribution in [3.05, 3.63) is 29.1 Å². The third kappa shape index (κ3) is 2.52. The van der Waals surface area contributed by atoms with E-state index in [9.17, 15) is 26.7 Å². The molecule has 0 saturated heterocycles. The molecule has 0 heterocycles. The third-order valence-corrected chi connectivity index (χ3v) is 1.65. The molecule has 0 aromatic heterocycles. The van der Waals surface area contributed by atoms with Crippen LogP contribution in [-0.4, -0.2) is 19.7 Å². The third-order valence-electron chi connectivity index (χ3n) is 1.65. The molecular formula is C9H5F5O3. The van der Waals surface area contributed by atoms with Crippen LogP contribution < -0.4 is 4.74 Å². The van der Waals surface area contributed by atoms with Crippen molar-refractivity contribution in [2.75, 3.05) is 13.7 Å². The van der Waals surface area contributed by atoms with Crippen molar-refractivity contribution in [2.24, 2.45) is 0 Å². The number of methoxy groups -OCH3 is 1. The lowest BCUT2D eigenvalue weighted by Gasteiger charge is -2.08. The fourth-order valence-electron chi connectivity index (χ4n) is 0.936. The maximum Gasteiger partial charge on any atom is 0.337 e. The van der Waals surface area contributed by atoms with Crippen LogP contribution in [0.4, 0.5) is 22.0 Å². The van der Waals surface area contributed by atoms with Gasteiger partial charge in [-0.05, 0) is 0 Å². The Morgan fingerprint density at radius 1 is 0.941 bits per heavy atom. The number of benzene rings is 1. The van der Waals surface area contributed by atoms with Crippen LogP contribution in [0.2, 0.25) is 0 Å². The van der Waals surface area contributed by atoms with E-state index in [1.807, 2.05) is 0 Å². The summed E-state index contributed by atoms with van der Waals surface area (Å²) in [4.78, 5) is 10.8. The highest BCUT2D eigenvalue weighted by Crippen LogP contribution is 2.29. The van der Waals surface area contributed by atoms with Gasteiger partial charge in [0.05, 0.1) is 0 Å². The molecule has 0 aliphatic heterocycles. The van der Waals surface area contributed by atoms with Crippen LogP contribution in [0.15, 0.2) is 0 Å². The molecular weight excluding hydrogens is 251 g/mol. The zero-order chi connectivity index (χ0) is 13.2. The van der Waals surface area contributed by atoms with Crippen molar-refractivity contribution in [1.29, 1.82) is 0 Å². The van der Waals surface area contributed by atoms with E-state index in [-0.39, 0.29) is 0 Å². The van der Waals surface area contributed by atoms with Gasteiger partial charge < -0.3 is 9.47 Å². The molecule has 17 heavy (non-hydrogen) atoms. The van der Waals surface area contributed by atoms with Crippen molar-refractivity contribution in [1.82, 2.24) is 0 Å². The minimum Gasteiger partial charge on any atom is -0.418 e. The first-order valence-corrected chi connectivity index (χ1v) is 4.11. The maximum atomic E-state index is 13.0. The number of hydrogen-bond acceptors (Lipinski definition) is 3. The Kier molecular flexibility index (Phi) is 4.00. The first kappa shape index (κ1) is 13.4. The van der Waals surface area contributed by atoms with Crippen LogP contribution in [0.1, 0.15) is 0 Å². The standard InChI is InChI=1S/C9H5F5O3/c1-16-2-3(15)17-9-7(13)5(11)4(10)6(12)8(9)14/h2H2,1H3. The largest absolute Gasteiger partial charge is 0.418 e. The van der Waals surface area contributed by atoms with Gasteiger partial charge in [0.15, 0.2) is 0 Å². The van der Waals surface area contributed by atoms with Gasteiger partial charge in [-0.3, -0.25) is 0 Å². The minimum atomic E-state index is -2.33. The van der Waals surface area contributed by atoms with E-state index in [2.05, 4.69) is 9.47 Å². The number of halogens is 5. The zero-order valence-electron chi connectivity index (χ0n) is 8.32. The van der Waals surface area contributed by atoms with Gasteiger partial charge in [0, 0.05) is 7.11 Å². The number of hydrogen-bond donors (Lipinski definition) is 0. The highest BCUT2D eigenvalue weighted by atomic mass is 19.2. The van der Waals surface area contributed by atoms with Crippen LogP contribution in [-0.2, 0) is 9.53 Å². The fourth-order valence-corrected chi connectivity index (χ4v) is 0.936. The van der Waals surface area contributed by atoms with E-state index in [0.29, 0.717) is 0 Å². The molecule has 8 heteroatoms. The molecule has 1 rings (SSSR count). The van der Waals surface area contributed by atoms with E-state index in [4.69, 9.17) is 0 Å². The van der Waals surface area contributed by atoms with Crippen molar-refractivity contribution in [3.8, 4) is 5.75 Å². The van der Waals surface area contributed by atoms with Gasteiger partial charge in [-0.25, -0.2) is 18.0 Å². The van der Waals surface area contributed by atoms with Gasteiger partial charge in [0.2, 0.25) is 34.8 Å². The van der Waals surface area contributed by atoms with Crippen molar-refractivity contribution in [2.45, 2.75) is 0 Å². The summed E-state index contributed by atoms with van der Waals surface area (Å²) < 4.78 is 72.1. The van der Waals surface area contributed by atoms with Gasteiger partial charge in [0.1, 0.15) is 6.61 Å². The zero-order valence-corrected chi connectivity index (χ0v) is 8.32. The Balaban J connectivity index is 3.20. The number of rotatable bonds is 3. The van der Waals surface area contributed by atoms with Gasteiger partial charge in [-0.1, -0.05) is 0 Å². The van der Waals surface area contributed by atoms with E-state index in [1.54, 1.807) is 0 Å². The molecule has 3 nitrogen and oxygen atoms in total. The van der Waals surface area contributed by atoms with E-state index >= 15 is 0 Å². The smallest absolute Gasteiger partial charge is 0.337 e. The first-order valence-electron chi connectivity index (χ1n) is 4.11. The van der Waals surface area contributed by atoms with E-state index in [0.717, 1.165) is 7.11 Å². The Bertz CT molecular complexity index is 431. The molecule has 0 fully saturated rings. The van der Waals surface area contributed by atoms with Crippen LogP contribution in [0.25, 0.3) is 0 Å². The molecule has 0 radical (unpaired) electrons. The molecule has 0 N–H and O–H groups in total. The number of ether oxygens (including phenoxy) is 2. The Morgan fingerprint density at radius 3 is 1.76 bits per heavy atom. The minimum absolute atomic E-state index is 0.695. The molecule has 1 aromatic rings. The molecule has 0 atom stereocenters. The molecule has 0 aliphatic carbocycles. The highest BCUT2D eigenvalue weighted by molar-refractivity contribution is 5.73. The summed E-state index contributed by atoms with van der Waals surface area (Å²) in [6.45, 7) is -0.695. The number of carbonyl (C=O) groups excluding carboxylic acids is 1. The van der Waals surface area contributed by atoms with E-state index < -0.39 is 47.4 Å². The summed E-state index contributed by atoms with van der Waals surface area (Å²) in [5.74, 6) is -14.1. The summed E-state index contributed by atoms with van der Waals surface area (Å²) in [7, 11) is 1.08. The van der Waals surface area contributed by atoms with Crippen molar-refractivity contribution >= 4 is 5.97 Å². The topological polar surface area (TPSA) is 35.5 Å². The van der Waals surface area contributed by atoms with Crippen molar-refractivity contribution < 1.29 is 36.2 Å². The number of carbonyl (C=O) groups is 1. The number of esters is 1. The van der Waals surface area contributed by atoms with E-state index in [1.165, 1.54) is 0 Å². The highest BCUT2D eigenvalue weighted by Gasteiger charge is 2.28. The lowest BCUT2D eigenvalue weighted by molar-refractivity contribution is -0.138. The summed E-state index contributed by atoms with van der Waals surface area (Å²) in [6.07, 6.45) is 0. The summed E-state index contributed by atoms with van der Waals surface area (Å²) >= 11 is 0. The first-order chi connectivity index (χ1) is 7.90. The summed E-state index contributed by atoms with van der Waals surface area (Å²) in [5, 5.41) is 0.